The Balaban J connectivity index is 0.00000324. The van der Waals surface area contributed by atoms with Crippen LogP contribution in [0, 0.1) is 0 Å². The summed E-state index contributed by atoms with van der Waals surface area (Å²) in [5.74, 6) is 2.18. The van der Waals surface area contributed by atoms with Gasteiger partial charge >= 0.3 is 0 Å². The zero-order valence-electron chi connectivity index (χ0n) is 12.1. The van der Waals surface area contributed by atoms with Crippen LogP contribution in [-0.4, -0.2) is 26.9 Å². The molecule has 0 radical (unpaired) electrons. The monoisotopic (exact) mass is 269 g/mol. The summed E-state index contributed by atoms with van der Waals surface area (Å²) >= 11 is 0. The van der Waals surface area contributed by atoms with Crippen molar-refractivity contribution in [2.24, 2.45) is 0 Å². The number of nitrogens with one attached hydrogen (secondary N) is 1. The van der Waals surface area contributed by atoms with Crippen molar-refractivity contribution in [1.82, 2.24) is 5.32 Å². The first-order valence-electron chi connectivity index (χ1n) is 5.95. The third-order valence-electron chi connectivity index (χ3n) is 2.60. The van der Waals surface area contributed by atoms with Crippen LogP contribution < -0.4 is 19.5 Å². The van der Waals surface area contributed by atoms with Gasteiger partial charge in [-0.2, -0.15) is 0 Å². The van der Waals surface area contributed by atoms with Crippen LogP contribution >= 0.6 is 0 Å². The van der Waals surface area contributed by atoms with Crippen LogP contribution in [0.5, 0.6) is 17.2 Å². The maximum Gasteiger partial charge on any atom is 0.164 e. The first kappa shape index (κ1) is 17.6. The predicted octanol–water partition coefficient (Wildman–Crippen LogP) is 3.24. The molecule has 110 valence electrons. The van der Waals surface area contributed by atoms with Crippen LogP contribution in [0.4, 0.5) is 0 Å². The number of hydrogen-bond donors (Lipinski definition) is 1. The summed E-state index contributed by atoms with van der Waals surface area (Å²) in [6, 6.07) is 3.79. The van der Waals surface area contributed by atoms with Crippen molar-refractivity contribution in [2.75, 3.05) is 21.3 Å². The molecule has 0 heterocycles. The molecule has 0 saturated heterocycles. The Morgan fingerprint density at radius 1 is 0.895 bits per heavy atom. The molecule has 0 unspecified atom stereocenters. The molecule has 0 aromatic heterocycles. The molecule has 0 aliphatic carbocycles. The highest BCUT2D eigenvalue weighted by atomic mass is 16.5. The minimum Gasteiger partial charge on any atom is -0.496 e. The molecular formula is C15H27NO3. The second-order valence-corrected chi connectivity index (χ2v) is 5.12. The first-order valence-corrected chi connectivity index (χ1v) is 5.95. The highest BCUT2D eigenvalue weighted by Crippen LogP contribution is 2.34. The highest BCUT2D eigenvalue weighted by molar-refractivity contribution is 5.50. The van der Waals surface area contributed by atoms with E-state index in [9.17, 15) is 0 Å². The third-order valence-corrected chi connectivity index (χ3v) is 2.60. The third kappa shape index (κ3) is 4.99. The highest BCUT2D eigenvalue weighted by Gasteiger charge is 2.14. The molecule has 4 heteroatoms. The molecule has 1 rings (SSSR count). The molecule has 0 aliphatic heterocycles. The molecule has 1 aromatic carbocycles. The van der Waals surface area contributed by atoms with E-state index in [0.717, 1.165) is 11.3 Å². The summed E-state index contributed by atoms with van der Waals surface area (Å²) in [6.45, 7) is 7.09. The number of hydrogen-bond acceptors (Lipinski definition) is 4. The fourth-order valence-corrected chi connectivity index (χ4v) is 1.59. The van der Waals surface area contributed by atoms with Crippen molar-refractivity contribution < 1.29 is 14.2 Å². The fourth-order valence-electron chi connectivity index (χ4n) is 1.59. The largest absolute Gasteiger partial charge is 0.496 e. The van der Waals surface area contributed by atoms with Gasteiger partial charge in [0.15, 0.2) is 11.5 Å². The van der Waals surface area contributed by atoms with Gasteiger partial charge in [0.05, 0.1) is 21.3 Å². The lowest BCUT2D eigenvalue weighted by Crippen LogP contribution is -2.35. The Morgan fingerprint density at radius 2 is 1.37 bits per heavy atom. The van der Waals surface area contributed by atoms with Crippen LogP contribution in [0.1, 0.15) is 33.8 Å². The zero-order valence-corrected chi connectivity index (χ0v) is 12.1. The number of ether oxygens (including phenoxy) is 3. The van der Waals surface area contributed by atoms with Crippen molar-refractivity contribution in [3.8, 4) is 17.2 Å². The van der Waals surface area contributed by atoms with E-state index in [-0.39, 0.29) is 13.0 Å². The van der Waals surface area contributed by atoms with Gasteiger partial charge in [0.25, 0.3) is 0 Å². The normalized spacial score (nSPS) is 10.6. The summed E-state index contributed by atoms with van der Waals surface area (Å²) in [5.41, 5.74) is 1.10. The van der Waals surface area contributed by atoms with Crippen LogP contribution in [0.15, 0.2) is 12.1 Å². The zero-order chi connectivity index (χ0) is 13.8. The van der Waals surface area contributed by atoms with E-state index in [0.29, 0.717) is 18.0 Å². The molecule has 0 fully saturated rings. The smallest absolute Gasteiger partial charge is 0.164 e. The molecule has 1 N–H and O–H groups in total. The van der Waals surface area contributed by atoms with Gasteiger partial charge in [-0.05, 0) is 26.8 Å². The molecule has 0 saturated carbocycles. The van der Waals surface area contributed by atoms with E-state index >= 15 is 0 Å². The Bertz CT molecular complexity index is 397. The van der Waals surface area contributed by atoms with E-state index < -0.39 is 0 Å². The summed E-state index contributed by atoms with van der Waals surface area (Å²) in [7, 11) is 4.90. The number of benzene rings is 1. The molecule has 0 atom stereocenters. The van der Waals surface area contributed by atoms with Crippen LogP contribution in [0.25, 0.3) is 0 Å². The van der Waals surface area contributed by atoms with Gasteiger partial charge in [-0.15, -0.1) is 0 Å². The SMILES string of the molecule is C.COc1cc(OC)c(OC)cc1CNC(C)(C)C. The van der Waals surface area contributed by atoms with Crippen LogP contribution in [0.3, 0.4) is 0 Å². The predicted molar refractivity (Wildman–Crippen MR) is 79.4 cm³/mol. The molecule has 0 aliphatic rings. The van der Waals surface area contributed by atoms with Gasteiger partial charge in [-0.3, -0.25) is 0 Å². The Hall–Kier alpha value is -1.42. The van der Waals surface area contributed by atoms with Gasteiger partial charge in [0.1, 0.15) is 5.75 Å². The molecule has 0 bridgehead atoms. The average molecular weight is 269 g/mol. The summed E-state index contributed by atoms with van der Waals surface area (Å²) < 4.78 is 15.9. The van der Waals surface area contributed by atoms with Crippen LogP contribution in [0.2, 0.25) is 0 Å². The average Bonchev–Trinajstić information content (AvgIpc) is 2.34. The second-order valence-electron chi connectivity index (χ2n) is 5.12. The Kier molecular flexibility index (Phi) is 6.70. The maximum atomic E-state index is 5.38. The summed E-state index contributed by atoms with van der Waals surface area (Å²) in [5, 5.41) is 3.43. The Labute approximate surface area is 117 Å². The van der Waals surface area contributed by atoms with Crippen molar-refractivity contribution in [2.45, 2.75) is 40.3 Å². The molecule has 4 nitrogen and oxygen atoms in total. The first-order chi connectivity index (χ1) is 8.41. The maximum absolute atomic E-state index is 5.38. The van der Waals surface area contributed by atoms with Gasteiger partial charge < -0.3 is 19.5 Å². The molecule has 0 amide bonds. The minimum atomic E-state index is 0. The van der Waals surface area contributed by atoms with E-state index in [1.807, 2.05) is 12.1 Å². The lowest BCUT2D eigenvalue weighted by Gasteiger charge is -2.22. The molecular weight excluding hydrogens is 242 g/mol. The van der Waals surface area contributed by atoms with Gasteiger partial charge in [-0.1, -0.05) is 7.43 Å². The van der Waals surface area contributed by atoms with Crippen molar-refractivity contribution in [3.63, 3.8) is 0 Å². The topological polar surface area (TPSA) is 39.7 Å². The summed E-state index contributed by atoms with van der Waals surface area (Å²) in [4.78, 5) is 0. The van der Waals surface area contributed by atoms with Crippen LogP contribution in [-0.2, 0) is 6.54 Å². The van der Waals surface area contributed by atoms with E-state index in [1.54, 1.807) is 21.3 Å². The second kappa shape index (κ2) is 7.24. The summed E-state index contributed by atoms with van der Waals surface area (Å²) in [6.07, 6.45) is 0. The van der Waals surface area contributed by atoms with E-state index in [4.69, 9.17) is 14.2 Å². The molecule has 1 aromatic rings. The standard InChI is InChI=1S/C14H23NO3.CH4/c1-14(2,3)15-9-10-7-12(17-5)13(18-6)8-11(10)16-4;/h7-8,15H,9H2,1-6H3;1H4. The number of methoxy groups -OCH3 is 3. The van der Waals surface area contributed by atoms with E-state index in [1.165, 1.54) is 0 Å². The van der Waals surface area contributed by atoms with Crippen molar-refractivity contribution in [1.29, 1.82) is 0 Å². The molecule has 19 heavy (non-hydrogen) atoms. The Morgan fingerprint density at radius 3 is 1.79 bits per heavy atom. The minimum absolute atomic E-state index is 0. The van der Waals surface area contributed by atoms with Gasteiger partial charge in [0.2, 0.25) is 0 Å². The number of rotatable bonds is 5. The molecule has 0 spiro atoms. The fraction of sp³-hybridized carbons (Fsp3) is 0.600. The lowest BCUT2D eigenvalue weighted by molar-refractivity contribution is 0.345. The van der Waals surface area contributed by atoms with E-state index in [2.05, 4.69) is 26.1 Å². The van der Waals surface area contributed by atoms with Crippen molar-refractivity contribution in [3.05, 3.63) is 17.7 Å². The van der Waals surface area contributed by atoms with Gasteiger partial charge in [-0.25, -0.2) is 0 Å². The quantitative estimate of drug-likeness (QED) is 0.891. The van der Waals surface area contributed by atoms with Gasteiger partial charge in [0, 0.05) is 23.7 Å². The lowest BCUT2D eigenvalue weighted by atomic mass is 10.1. The van der Waals surface area contributed by atoms with Crippen molar-refractivity contribution >= 4 is 0 Å².